The average Bonchev–Trinajstić information content (AvgIpc) is 2.80. The van der Waals surface area contributed by atoms with E-state index >= 15 is 0 Å². The third-order valence-electron chi connectivity index (χ3n) is 5.24. The zero-order chi connectivity index (χ0) is 17.4. The lowest BCUT2D eigenvalue weighted by molar-refractivity contribution is 0.278. The minimum Gasteiger partial charge on any atom is -0.313 e. The quantitative estimate of drug-likeness (QED) is 0.722. The standard InChI is InChI=1S/C20H19Cl2N3/c1-25-18(16-6-3-2-4-7-17(16)22)23-24-19(25)20(12-5-13-20)14-8-10-15(21)11-9-14/h2-3,6-11H,4-5,12-13H2,1H3. The summed E-state index contributed by atoms with van der Waals surface area (Å²) in [5.41, 5.74) is 2.09. The largest absolute Gasteiger partial charge is 0.313 e. The highest BCUT2D eigenvalue weighted by atomic mass is 35.5. The molecule has 3 nitrogen and oxygen atoms in total. The molecule has 0 N–H and O–H groups in total. The molecule has 4 rings (SSSR count). The maximum atomic E-state index is 6.46. The highest BCUT2D eigenvalue weighted by Gasteiger charge is 2.44. The van der Waals surface area contributed by atoms with Crippen LogP contribution in [0.15, 0.2) is 53.6 Å². The minimum atomic E-state index is -0.0814. The number of benzene rings is 1. The molecule has 128 valence electrons. The van der Waals surface area contributed by atoms with Gasteiger partial charge in [-0.25, -0.2) is 0 Å². The summed E-state index contributed by atoms with van der Waals surface area (Å²) in [5.74, 6) is 1.80. The Balaban J connectivity index is 1.79. The maximum absolute atomic E-state index is 6.46. The summed E-state index contributed by atoms with van der Waals surface area (Å²) in [4.78, 5) is 0. The SMILES string of the molecule is Cn1c(C2=CC=CCC=C2Cl)nnc1C1(c2ccc(Cl)cc2)CCC1. The van der Waals surface area contributed by atoms with E-state index in [0.29, 0.717) is 0 Å². The molecule has 2 aliphatic rings. The van der Waals surface area contributed by atoms with Gasteiger partial charge in [-0.3, -0.25) is 0 Å². The van der Waals surface area contributed by atoms with Crippen molar-refractivity contribution >= 4 is 28.8 Å². The molecule has 2 aromatic rings. The van der Waals surface area contributed by atoms with Crippen molar-refractivity contribution in [2.24, 2.45) is 7.05 Å². The first-order valence-corrected chi connectivity index (χ1v) is 9.26. The molecule has 0 aliphatic heterocycles. The zero-order valence-electron chi connectivity index (χ0n) is 14.0. The van der Waals surface area contributed by atoms with E-state index < -0.39 is 0 Å². The second-order valence-corrected chi connectivity index (χ2v) is 7.49. The van der Waals surface area contributed by atoms with E-state index in [1.165, 1.54) is 12.0 Å². The molecule has 1 saturated carbocycles. The van der Waals surface area contributed by atoms with E-state index in [1.807, 2.05) is 37.4 Å². The van der Waals surface area contributed by atoms with E-state index in [1.54, 1.807) is 0 Å². The molecule has 0 spiro atoms. The maximum Gasteiger partial charge on any atom is 0.165 e. The van der Waals surface area contributed by atoms with Gasteiger partial charge in [0.25, 0.3) is 0 Å². The Kier molecular flexibility index (Phi) is 4.30. The molecule has 0 saturated heterocycles. The first kappa shape index (κ1) is 16.6. The first-order chi connectivity index (χ1) is 12.1. The summed E-state index contributed by atoms with van der Waals surface area (Å²) in [6, 6.07) is 8.12. The van der Waals surface area contributed by atoms with Crippen molar-refractivity contribution in [3.63, 3.8) is 0 Å². The number of hydrogen-bond acceptors (Lipinski definition) is 2. The van der Waals surface area contributed by atoms with Gasteiger partial charge < -0.3 is 4.57 Å². The Morgan fingerprint density at radius 3 is 2.52 bits per heavy atom. The molecule has 0 unspecified atom stereocenters. The van der Waals surface area contributed by atoms with Crippen LogP contribution in [-0.4, -0.2) is 14.8 Å². The van der Waals surface area contributed by atoms with Gasteiger partial charge in [0.15, 0.2) is 5.82 Å². The molecule has 1 heterocycles. The van der Waals surface area contributed by atoms with Gasteiger partial charge in [0.05, 0.1) is 5.41 Å². The Labute approximate surface area is 157 Å². The number of rotatable bonds is 3. The average molecular weight is 372 g/mol. The topological polar surface area (TPSA) is 30.7 Å². The van der Waals surface area contributed by atoms with Crippen molar-refractivity contribution in [2.75, 3.05) is 0 Å². The lowest BCUT2D eigenvalue weighted by atomic mass is 9.64. The predicted molar refractivity (Wildman–Crippen MR) is 103 cm³/mol. The number of halogens is 2. The van der Waals surface area contributed by atoms with Gasteiger partial charge in [-0.2, -0.15) is 0 Å². The van der Waals surface area contributed by atoms with Gasteiger partial charge >= 0.3 is 0 Å². The Morgan fingerprint density at radius 1 is 1.08 bits per heavy atom. The monoisotopic (exact) mass is 371 g/mol. The highest BCUT2D eigenvalue weighted by Crippen LogP contribution is 2.48. The van der Waals surface area contributed by atoms with Crippen molar-refractivity contribution in [1.82, 2.24) is 14.8 Å². The van der Waals surface area contributed by atoms with E-state index in [2.05, 4.69) is 33.0 Å². The first-order valence-electron chi connectivity index (χ1n) is 8.51. The van der Waals surface area contributed by atoms with E-state index in [0.717, 1.165) is 46.5 Å². The van der Waals surface area contributed by atoms with E-state index in [9.17, 15) is 0 Å². The third-order valence-corrected chi connectivity index (χ3v) is 5.85. The molecular formula is C20H19Cl2N3. The highest BCUT2D eigenvalue weighted by molar-refractivity contribution is 6.36. The Hall–Kier alpha value is -1.84. The molecule has 0 atom stereocenters. The zero-order valence-corrected chi connectivity index (χ0v) is 15.6. The van der Waals surface area contributed by atoms with Crippen molar-refractivity contribution in [3.8, 4) is 0 Å². The van der Waals surface area contributed by atoms with Crippen LogP contribution >= 0.6 is 23.2 Å². The molecule has 5 heteroatoms. The van der Waals surface area contributed by atoms with Crippen LogP contribution in [0.1, 0.15) is 42.9 Å². The van der Waals surface area contributed by atoms with Gasteiger partial charge in [0, 0.05) is 22.7 Å². The van der Waals surface area contributed by atoms with Crippen LogP contribution in [0.5, 0.6) is 0 Å². The normalized spacial score (nSPS) is 19.0. The van der Waals surface area contributed by atoms with Gasteiger partial charge in [-0.15, -0.1) is 10.2 Å². The van der Waals surface area contributed by atoms with Crippen LogP contribution in [0.3, 0.4) is 0 Å². The summed E-state index contributed by atoms with van der Waals surface area (Å²) < 4.78 is 2.09. The summed E-state index contributed by atoms with van der Waals surface area (Å²) in [7, 11) is 2.03. The Morgan fingerprint density at radius 2 is 1.84 bits per heavy atom. The minimum absolute atomic E-state index is 0.0814. The van der Waals surface area contributed by atoms with Crippen LogP contribution in [0.25, 0.3) is 5.57 Å². The molecule has 2 aliphatic carbocycles. The lowest BCUT2D eigenvalue weighted by Crippen LogP contribution is -2.38. The van der Waals surface area contributed by atoms with Crippen molar-refractivity contribution < 1.29 is 0 Å². The number of nitrogens with zero attached hydrogens (tertiary/aromatic N) is 3. The van der Waals surface area contributed by atoms with Gasteiger partial charge in [-0.05, 0) is 43.0 Å². The molecule has 0 amide bonds. The van der Waals surface area contributed by atoms with Crippen LogP contribution in [0, 0.1) is 0 Å². The number of aromatic nitrogens is 3. The summed E-state index contributed by atoms with van der Waals surface area (Å²) in [5, 5.41) is 10.5. The summed E-state index contributed by atoms with van der Waals surface area (Å²) >= 11 is 12.5. The third kappa shape index (κ3) is 2.76. The molecule has 1 fully saturated rings. The van der Waals surface area contributed by atoms with Crippen LogP contribution in [0.4, 0.5) is 0 Å². The van der Waals surface area contributed by atoms with Crippen molar-refractivity contribution in [3.05, 3.63) is 75.8 Å². The molecular weight excluding hydrogens is 353 g/mol. The van der Waals surface area contributed by atoms with Gasteiger partial charge in [0.1, 0.15) is 5.82 Å². The van der Waals surface area contributed by atoms with Crippen LogP contribution in [-0.2, 0) is 12.5 Å². The van der Waals surface area contributed by atoms with Crippen molar-refractivity contribution in [1.29, 1.82) is 0 Å². The van der Waals surface area contributed by atoms with E-state index in [4.69, 9.17) is 23.2 Å². The molecule has 0 radical (unpaired) electrons. The fourth-order valence-electron chi connectivity index (χ4n) is 3.71. The molecule has 0 bridgehead atoms. The van der Waals surface area contributed by atoms with Crippen molar-refractivity contribution in [2.45, 2.75) is 31.1 Å². The van der Waals surface area contributed by atoms with E-state index in [-0.39, 0.29) is 5.41 Å². The predicted octanol–water partition coefficient (Wildman–Crippen LogP) is 5.40. The fourth-order valence-corrected chi connectivity index (χ4v) is 4.07. The Bertz CT molecular complexity index is 884. The number of allylic oxidation sites excluding steroid dienone is 6. The second-order valence-electron chi connectivity index (χ2n) is 6.65. The van der Waals surface area contributed by atoms with Crippen LogP contribution < -0.4 is 0 Å². The smallest absolute Gasteiger partial charge is 0.165 e. The lowest BCUT2D eigenvalue weighted by Gasteiger charge is -2.41. The van der Waals surface area contributed by atoms with Crippen LogP contribution in [0.2, 0.25) is 5.02 Å². The fraction of sp³-hybridized carbons (Fsp3) is 0.300. The molecule has 1 aromatic carbocycles. The second kappa shape index (κ2) is 6.47. The number of hydrogen-bond donors (Lipinski definition) is 0. The van der Waals surface area contributed by atoms with Gasteiger partial charge in [0.2, 0.25) is 0 Å². The van der Waals surface area contributed by atoms with Gasteiger partial charge in [-0.1, -0.05) is 60.0 Å². The summed E-state index contributed by atoms with van der Waals surface area (Å²) in [6.45, 7) is 0. The molecule has 1 aromatic heterocycles. The molecule has 25 heavy (non-hydrogen) atoms. The summed E-state index contributed by atoms with van der Waals surface area (Å²) in [6.07, 6.45) is 12.3.